The summed E-state index contributed by atoms with van der Waals surface area (Å²) in [6.45, 7) is 6.54. The largest absolute Gasteiger partial charge is 0.454 e. The van der Waals surface area contributed by atoms with E-state index in [1.54, 1.807) is 37.7 Å². The van der Waals surface area contributed by atoms with Gasteiger partial charge in [-0.2, -0.15) is 0 Å². The van der Waals surface area contributed by atoms with Crippen molar-refractivity contribution >= 4 is 29.3 Å². The second-order valence-electron chi connectivity index (χ2n) is 5.61. The quantitative estimate of drug-likeness (QED) is 0.460. The molecular formula is C19H21NO4S. The second-order valence-corrected chi connectivity index (χ2v) is 6.92. The lowest BCUT2D eigenvalue weighted by atomic mass is 10.1. The zero-order chi connectivity index (χ0) is 18.6. The number of aromatic amines is 1. The number of hydrogen-bond donors (Lipinski definition) is 1. The number of esters is 1. The van der Waals surface area contributed by atoms with Crippen LogP contribution in [0.3, 0.4) is 0 Å². The van der Waals surface area contributed by atoms with Gasteiger partial charge in [-0.3, -0.25) is 9.59 Å². The van der Waals surface area contributed by atoms with E-state index in [2.05, 4.69) is 4.98 Å². The maximum atomic E-state index is 12.4. The van der Waals surface area contributed by atoms with Crippen LogP contribution in [-0.2, 0) is 4.74 Å². The predicted octanol–water partition coefficient (Wildman–Crippen LogP) is 3.99. The molecule has 0 saturated carbocycles. The Balaban J connectivity index is 2.12. The summed E-state index contributed by atoms with van der Waals surface area (Å²) in [4.78, 5) is 40.1. The van der Waals surface area contributed by atoms with E-state index in [0.717, 1.165) is 10.6 Å². The van der Waals surface area contributed by atoms with Crippen molar-refractivity contribution in [2.24, 2.45) is 0 Å². The SMILES string of the molecule is CCSc1ccccc1C(=O)OCC(=O)c1[nH]c(C)c(C(C)=O)c1C. The van der Waals surface area contributed by atoms with Gasteiger partial charge in [-0.1, -0.05) is 19.1 Å². The number of Topliss-reactive ketones (excluding diaryl/α,β-unsaturated/α-hetero) is 2. The first-order valence-electron chi connectivity index (χ1n) is 7.99. The Morgan fingerprint density at radius 3 is 2.44 bits per heavy atom. The fourth-order valence-electron chi connectivity index (χ4n) is 2.75. The van der Waals surface area contributed by atoms with Crippen LogP contribution in [0.5, 0.6) is 0 Å². The average Bonchev–Trinajstić information content (AvgIpc) is 2.88. The molecule has 0 spiro atoms. The van der Waals surface area contributed by atoms with Crippen molar-refractivity contribution in [1.29, 1.82) is 0 Å². The Kier molecular flexibility index (Phi) is 6.20. The van der Waals surface area contributed by atoms with Crippen LogP contribution in [0.25, 0.3) is 0 Å². The minimum absolute atomic E-state index is 0.104. The van der Waals surface area contributed by atoms with Crippen molar-refractivity contribution in [2.45, 2.75) is 32.6 Å². The zero-order valence-corrected chi connectivity index (χ0v) is 15.6. The molecule has 0 aliphatic carbocycles. The van der Waals surface area contributed by atoms with Gasteiger partial charge in [0.25, 0.3) is 0 Å². The number of thioether (sulfide) groups is 1. The molecule has 25 heavy (non-hydrogen) atoms. The highest BCUT2D eigenvalue weighted by Gasteiger charge is 2.21. The number of ether oxygens (including phenoxy) is 1. The minimum atomic E-state index is -0.530. The highest BCUT2D eigenvalue weighted by atomic mass is 32.2. The lowest BCUT2D eigenvalue weighted by Gasteiger charge is -2.08. The smallest absolute Gasteiger partial charge is 0.339 e. The molecule has 1 heterocycles. The molecule has 0 saturated heterocycles. The molecule has 0 fully saturated rings. The van der Waals surface area contributed by atoms with Gasteiger partial charge >= 0.3 is 5.97 Å². The van der Waals surface area contributed by atoms with E-state index in [1.807, 2.05) is 19.1 Å². The molecule has 0 atom stereocenters. The molecule has 0 aliphatic heterocycles. The monoisotopic (exact) mass is 359 g/mol. The normalized spacial score (nSPS) is 10.6. The summed E-state index contributed by atoms with van der Waals surface area (Å²) in [7, 11) is 0. The van der Waals surface area contributed by atoms with Crippen molar-refractivity contribution in [2.75, 3.05) is 12.4 Å². The van der Waals surface area contributed by atoms with Crippen LogP contribution in [0.2, 0.25) is 0 Å². The summed E-state index contributed by atoms with van der Waals surface area (Å²) in [5.74, 6) is -0.162. The highest BCUT2D eigenvalue weighted by Crippen LogP contribution is 2.23. The lowest BCUT2D eigenvalue weighted by molar-refractivity contribution is 0.0470. The Labute approximate surface area is 151 Å². The lowest BCUT2D eigenvalue weighted by Crippen LogP contribution is -2.16. The molecule has 0 aliphatic rings. The fraction of sp³-hybridized carbons (Fsp3) is 0.316. The number of H-pyrrole nitrogens is 1. The number of nitrogens with one attached hydrogen (secondary N) is 1. The molecule has 0 bridgehead atoms. The first-order chi connectivity index (χ1) is 11.9. The third-order valence-electron chi connectivity index (χ3n) is 3.81. The van der Waals surface area contributed by atoms with E-state index in [4.69, 9.17) is 4.74 Å². The van der Waals surface area contributed by atoms with Gasteiger partial charge in [0.15, 0.2) is 12.4 Å². The van der Waals surface area contributed by atoms with Crippen molar-refractivity contribution in [3.63, 3.8) is 0 Å². The zero-order valence-electron chi connectivity index (χ0n) is 14.8. The van der Waals surface area contributed by atoms with Gasteiger partial charge in [0.1, 0.15) is 0 Å². The Morgan fingerprint density at radius 2 is 1.84 bits per heavy atom. The van der Waals surface area contributed by atoms with Crippen LogP contribution in [-0.4, -0.2) is 34.9 Å². The summed E-state index contributed by atoms with van der Waals surface area (Å²) < 4.78 is 5.19. The maximum Gasteiger partial charge on any atom is 0.339 e. The minimum Gasteiger partial charge on any atom is -0.454 e. The first kappa shape index (κ1) is 19.0. The molecule has 1 N–H and O–H groups in total. The first-order valence-corrected chi connectivity index (χ1v) is 8.97. The summed E-state index contributed by atoms with van der Waals surface area (Å²) >= 11 is 1.54. The van der Waals surface area contributed by atoms with Gasteiger partial charge in [-0.25, -0.2) is 4.79 Å². The number of carbonyl (C=O) groups excluding carboxylic acids is 3. The topological polar surface area (TPSA) is 76.2 Å². The average molecular weight is 359 g/mol. The third-order valence-corrected chi connectivity index (χ3v) is 4.77. The maximum absolute atomic E-state index is 12.4. The van der Waals surface area contributed by atoms with Crippen molar-refractivity contribution in [3.05, 3.63) is 52.3 Å². The van der Waals surface area contributed by atoms with E-state index in [9.17, 15) is 14.4 Å². The summed E-state index contributed by atoms with van der Waals surface area (Å²) in [6, 6.07) is 7.15. The van der Waals surface area contributed by atoms with E-state index in [1.165, 1.54) is 6.92 Å². The standard InChI is InChI=1S/C19H21NO4S/c1-5-25-16-9-7-6-8-14(16)19(23)24-10-15(22)18-11(2)17(13(4)21)12(3)20-18/h6-9,20H,5,10H2,1-4H3. The van der Waals surface area contributed by atoms with Crippen LogP contribution in [0.1, 0.15) is 56.3 Å². The van der Waals surface area contributed by atoms with E-state index in [-0.39, 0.29) is 18.2 Å². The summed E-state index contributed by atoms with van der Waals surface area (Å²) in [5, 5.41) is 0. The summed E-state index contributed by atoms with van der Waals surface area (Å²) in [5.41, 5.74) is 2.51. The van der Waals surface area contributed by atoms with Gasteiger partial charge in [0.05, 0.1) is 11.3 Å². The van der Waals surface area contributed by atoms with Gasteiger partial charge in [-0.05, 0) is 44.2 Å². The molecule has 1 aromatic heterocycles. The molecule has 5 nitrogen and oxygen atoms in total. The number of benzene rings is 1. The van der Waals surface area contributed by atoms with Crippen LogP contribution in [0, 0.1) is 13.8 Å². The number of carbonyl (C=O) groups is 3. The number of rotatable bonds is 7. The molecule has 132 valence electrons. The Hall–Kier alpha value is -2.34. The van der Waals surface area contributed by atoms with Gasteiger partial charge in [0.2, 0.25) is 5.78 Å². The van der Waals surface area contributed by atoms with Crippen molar-refractivity contribution in [3.8, 4) is 0 Å². The molecule has 0 radical (unpaired) electrons. The summed E-state index contributed by atoms with van der Waals surface area (Å²) in [6.07, 6.45) is 0. The molecule has 2 rings (SSSR count). The Morgan fingerprint density at radius 1 is 1.16 bits per heavy atom. The van der Waals surface area contributed by atoms with E-state index >= 15 is 0 Å². The predicted molar refractivity (Wildman–Crippen MR) is 97.7 cm³/mol. The number of ketones is 2. The van der Waals surface area contributed by atoms with Crippen molar-refractivity contribution < 1.29 is 19.1 Å². The van der Waals surface area contributed by atoms with Crippen LogP contribution in [0.4, 0.5) is 0 Å². The Bertz CT molecular complexity index is 823. The third kappa shape index (κ3) is 4.20. The molecule has 0 amide bonds. The number of aromatic nitrogens is 1. The number of hydrogen-bond acceptors (Lipinski definition) is 5. The van der Waals surface area contributed by atoms with Crippen LogP contribution in [0.15, 0.2) is 29.2 Å². The van der Waals surface area contributed by atoms with Gasteiger partial charge in [-0.15, -0.1) is 11.8 Å². The van der Waals surface area contributed by atoms with Gasteiger partial charge in [0, 0.05) is 16.2 Å². The molecule has 0 unspecified atom stereocenters. The van der Waals surface area contributed by atoms with E-state index < -0.39 is 5.97 Å². The second kappa shape index (κ2) is 8.16. The highest BCUT2D eigenvalue weighted by molar-refractivity contribution is 7.99. The molecule has 1 aromatic carbocycles. The number of aryl methyl sites for hydroxylation is 1. The molecular weight excluding hydrogens is 338 g/mol. The molecule has 2 aromatic rings. The van der Waals surface area contributed by atoms with Crippen LogP contribution >= 0.6 is 11.8 Å². The van der Waals surface area contributed by atoms with Crippen molar-refractivity contribution in [1.82, 2.24) is 4.98 Å². The van der Waals surface area contributed by atoms with Gasteiger partial charge < -0.3 is 9.72 Å². The molecule has 6 heteroatoms. The van der Waals surface area contributed by atoms with Crippen LogP contribution < -0.4 is 0 Å². The fourth-order valence-corrected chi connectivity index (χ4v) is 3.55. The van der Waals surface area contributed by atoms with E-state index in [0.29, 0.717) is 28.1 Å².